The van der Waals surface area contributed by atoms with E-state index in [2.05, 4.69) is 6.07 Å². The lowest BCUT2D eigenvalue weighted by Crippen LogP contribution is -2.29. The standard InChI is InChI=1S/C20H10ClNO3/c21-13-5-3-4-11(8-13)16-12(9-22)10-25-20-17(16)18(23)14-6-1-2-7-15(14)19(20)24/h1-8,10,16H. The monoisotopic (exact) mass is 347 g/mol. The molecule has 0 amide bonds. The maximum absolute atomic E-state index is 13.1. The van der Waals surface area contributed by atoms with Crippen molar-refractivity contribution in [3.05, 3.63) is 93.4 Å². The zero-order valence-corrected chi connectivity index (χ0v) is 13.6. The second-order valence-corrected chi connectivity index (χ2v) is 6.17. The van der Waals surface area contributed by atoms with Gasteiger partial charge in [-0.1, -0.05) is 48.0 Å². The molecule has 2 aromatic rings. The Kier molecular flexibility index (Phi) is 3.52. The highest BCUT2D eigenvalue weighted by Crippen LogP contribution is 2.43. The molecule has 0 N–H and O–H groups in total. The van der Waals surface area contributed by atoms with Crippen molar-refractivity contribution < 1.29 is 14.3 Å². The molecule has 0 spiro atoms. The molecule has 25 heavy (non-hydrogen) atoms. The molecule has 120 valence electrons. The number of hydrogen-bond donors (Lipinski definition) is 0. The van der Waals surface area contributed by atoms with Gasteiger partial charge in [0.15, 0.2) is 11.5 Å². The number of allylic oxidation sites excluding steroid dienone is 3. The molecule has 2 aromatic carbocycles. The lowest BCUT2D eigenvalue weighted by atomic mass is 9.76. The van der Waals surface area contributed by atoms with Crippen molar-refractivity contribution in [2.45, 2.75) is 5.92 Å². The molecule has 0 saturated carbocycles. The van der Waals surface area contributed by atoms with Gasteiger partial charge in [-0.25, -0.2) is 0 Å². The van der Waals surface area contributed by atoms with Crippen molar-refractivity contribution in [3.63, 3.8) is 0 Å². The Bertz CT molecular complexity index is 1040. The van der Waals surface area contributed by atoms with E-state index in [1.807, 2.05) is 0 Å². The molecule has 1 atom stereocenters. The summed E-state index contributed by atoms with van der Waals surface area (Å²) in [6.45, 7) is 0. The summed E-state index contributed by atoms with van der Waals surface area (Å²) in [6.07, 6.45) is 1.24. The fourth-order valence-electron chi connectivity index (χ4n) is 3.22. The molecule has 0 saturated heterocycles. The zero-order valence-electron chi connectivity index (χ0n) is 12.8. The number of benzene rings is 2. The quantitative estimate of drug-likeness (QED) is 0.775. The molecule has 1 heterocycles. The van der Waals surface area contributed by atoms with E-state index >= 15 is 0 Å². The molecule has 1 unspecified atom stereocenters. The smallest absolute Gasteiger partial charge is 0.229 e. The van der Waals surface area contributed by atoms with Crippen LogP contribution < -0.4 is 0 Å². The van der Waals surface area contributed by atoms with Crippen molar-refractivity contribution in [3.8, 4) is 6.07 Å². The van der Waals surface area contributed by atoms with Crippen LogP contribution in [0.5, 0.6) is 0 Å². The molecule has 1 aliphatic carbocycles. The maximum atomic E-state index is 13.1. The average molecular weight is 348 g/mol. The van der Waals surface area contributed by atoms with Crippen molar-refractivity contribution >= 4 is 23.2 Å². The van der Waals surface area contributed by atoms with Gasteiger partial charge in [-0.3, -0.25) is 9.59 Å². The van der Waals surface area contributed by atoms with Crippen LogP contribution in [0.2, 0.25) is 5.02 Å². The minimum Gasteiger partial charge on any atom is -0.459 e. The second-order valence-electron chi connectivity index (χ2n) is 5.74. The van der Waals surface area contributed by atoms with Crippen molar-refractivity contribution in [1.82, 2.24) is 0 Å². The Morgan fingerprint density at radius 1 is 1.00 bits per heavy atom. The molecular formula is C20H10ClNO3. The Hall–Kier alpha value is -3.16. The van der Waals surface area contributed by atoms with Gasteiger partial charge in [0.05, 0.1) is 23.1 Å². The van der Waals surface area contributed by atoms with Crippen LogP contribution in [0, 0.1) is 11.3 Å². The first-order valence-corrected chi connectivity index (χ1v) is 7.94. The topological polar surface area (TPSA) is 67.2 Å². The molecule has 1 aliphatic heterocycles. The summed E-state index contributed by atoms with van der Waals surface area (Å²) >= 11 is 6.07. The molecular weight excluding hydrogens is 338 g/mol. The van der Waals surface area contributed by atoms with Crippen molar-refractivity contribution in [2.75, 3.05) is 0 Å². The van der Waals surface area contributed by atoms with Crippen LogP contribution >= 0.6 is 11.6 Å². The number of Topliss-reactive ketones (excluding diaryl/α,β-unsaturated/α-hetero) is 2. The summed E-state index contributed by atoms with van der Waals surface area (Å²) in [7, 11) is 0. The Balaban J connectivity index is 1.95. The molecule has 5 heteroatoms. The van der Waals surface area contributed by atoms with Gasteiger partial charge in [0.1, 0.15) is 6.26 Å². The summed E-state index contributed by atoms with van der Waals surface area (Å²) in [6, 6.07) is 15.6. The second kappa shape index (κ2) is 5.73. The largest absolute Gasteiger partial charge is 0.459 e. The van der Waals surface area contributed by atoms with Crippen LogP contribution in [0.4, 0.5) is 0 Å². The lowest BCUT2D eigenvalue weighted by Gasteiger charge is -2.29. The Morgan fingerprint density at radius 3 is 2.40 bits per heavy atom. The van der Waals surface area contributed by atoms with Gasteiger partial charge in [0.25, 0.3) is 0 Å². The Morgan fingerprint density at radius 2 is 1.72 bits per heavy atom. The summed E-state index contributed by atoms with van der Waals surface area (Å²) in [5, 5.41) is 9.96. The minimum absolute atomic E-state index is 0.0207. The average Bonchev–Trinajstić information content (AvgIpc) is 2.65. The number of ketones is 2. The summed E-state index contributed by atoms with van der Waals surface area (Å²) in [4.78, 5) is 25.8. The number of carbonyl (C=O) groups excluding carboxylic acids is 2. The fourth-order valence-corrected chi connectivity index (χ4v) is 3.42. The third kappa shape index (κ3) is 2.29. The highest BCUT2D eigenvalue weighted by Gasteiger charge is 2.41. The van der Waals surface area contributed by atoms with Crippen molar-refractivity contribution in [2.24, 2.45) is 0 Å². The molecule has 0 aromatic heterocycles. The van der Waals surface area contributed by atoms with Crippen LogP contribution in [-0.4, -0.2) is 11.6 Å². The maximum Gasteiger partial charge on any atom is 0.229 e. The van der Waals surface area contributed by atoms with Crippen LogP contribution in [0.25, 0.3) is 0 Å². The van der Waals surface area contributed by atoms with E-state index in [0.717, 1.165) is 0 Å². The molecule has 4 nitrogen and oxygen atoms in total. The van der Waals surface area contributed by atoms with Crippen LogP contribution in [-0.2, 0) is 4.74 Å². The number of fused-ring (bicyclic) bond motifs is 1. The SMILES string of the molecule is N#CC1=COC2=C(C(=O)c3ccccc3C2=O)C1c1cccc(Cl)c1. The summed E-state index contributed by atoms with van der Waals surface area (Å²) < 4.78 is 5.40. The van der Waals surface area contributed by atoms with Gasteiger partial charge in [0.2, 0.25) is 5.78 Å². The molecule has 4 rings (SSSR count). The van der Waals surface area contributed by atoms with Gasteiger partial charge in [-0.2, -0.15) is 5.26 Å². The fraction of sp³-hybridized carbons (Fsp3) is 0.0500. The van der Waals surface area contributed by atoms with Gasteiger partial charge >= 0.3 is 0 Å². The van der Waals surface area contributed by atoms with Crippen LogP contribution in [0.3, 0.4) is 0 Å². The summed E-state index contributed by atoms with van der Waals surface area (Å²) in [5.74, 6) is -1.37. The van der Waals surface area contributed by atoms with E-state index < -0.39 is 5.92 Å². The number of ether oxygens (including phenoxy) is 1. The highest BCUT2D eigenvalue weighted by molar-refractivity contribution is 6.30. The zero-order chi connectivity index (χ0) is 17.6. The molecule has 0 radical (unpaired) electrons. The third-order valence-corrected chi connectivity index (χ3v) is 4.56. The van der Waals surface area contributed by atoms with Crippen LogP contribution in [0.15, 0.2) is 71.7 Å². The number of hydrogen-bond acceptors (Lipinski definition) is 4. The summed E-state index contributed by atoms with van der Waals surface area (Å²) in [5.41, 5.74) is 1.73. The van der Waals surface area contributed by atoms with Crippen LogP contribution in [0.1, 0.15) is 32.2 Å². The van der Waals surface area contributed by atoms with E-state index in [1.54, 1.807) is 48.5 Å². The predicted molar refractivity (Wildman–Crippen MR) is 91.1 cm³/mol. The number of halogens is 1. The number of carbonyl (C=O) groups is 2. The first-order chi connectivity index (χ1) is 12.1. The number of nitrogens with zero attached hydrogens (tertiary/aromatic N) is 1. The highest BCUT2D eigenvalue weighted by atomic mass is 35.5. The molecule has 2 aliphatic rings. The van der Waals surface area contributed by atoms with E-state index in [0.29, 0.717) is 21.7 Å². The minimum atomic E-state index is -0.683. The Labute approximate surface area is 148 Å². The van der Waals surface area contributed by atoms with E-state index in [9.17, 15) is 14.9 Å². The van der Waals surface area contributed by atoms with Gasteiger partial charge in [-0.15, -0.1) is 0 Å². The van der Waals surface area contributed by atoms with Gasteiger partial charge < -0.3 is 4.74 Å². The predicted octanol–water partition coefficient (Wildman–Crippen LogP) is 4.19. The van der Waals surface area contributed by atoms with E-state index in [1.165, 1.54) is 6.26 Å². The first-order valence-electron chi connectivity index (χ1n) is 7.56. The number of nitriles is 1. The lowest BCUT2D eigenvalue weighted by molar-refractivity contribution is 0.0911. The van der Waals surface area contributed by atoms with E-state index in [-0.39, 0.29) is 28.5 Å². The van der Waals surface area contributed by atoms with Gasteiger partial charge in [0, 0.05) is 16.1 Å². The normalized spacial score (nSPS) is 18.7. The van der Waals surface area contributed by atoms with Crippen molar-refractivity contribution in [1.29, 1.82) is 5.26 Å². The van der Waals surface area contributed by atoms with Gasteiger partial charge in [-0.05, 0) is 17.7 Å². The van der Waals surface area contributed by atoms with E-state index in [4.69, 9.17) is 16.3 Å². The number of rotatable bonds is 1. The first kappa shape index (κ1) is 15.4. The third-order valence-electron chi connectivity index (χ3n) is 4.33. The molecule has 0 bridgehead atoms. The molecule has 0 fully saturated rings.